The van der Waals surface area contributed by atoms with Gasteiger partial charge in [-0.05, 0) is 47.7 Å². The van der Waals surface area contributed by atoms with Gasteiger partial charge in [-0.15, -0.1) is 0 Å². The second-order valence-corrected chi connectivity index (χ2v) is 8.16. The summed E-state index contributed by atoms with van der Waals surface area (Å²) in [5, 5.41) is 11.5. The third kappa shape index (κ3) is 3.08. The van der Waals surface area contributed by atoms with Crippen LogP contribution < -0.4 is 4.57 Å². The number of nitrogens with zero attached hydrogens (tertiary/aromatic N) is 2. The molecule has 0 unspecified atom stereocenters. The van der Waals surface area contributed by atoms with E-state index in [0.29, 0.717) is 16.6 Å². The fourth-order valence-electron chi connectivity index (χ4n) is 4.13. The fraction of sp³-hybridized carbons (Fsp3) is 0.172. The molecule has 0 atom stereocenters. The second-order valence-electron chi connectivity index (χ2n) is 8.16. The van der Waals surface area contributed by atoms with Crippen LogP contribution in [0, 0.1) is 18.3 Å². The van der Waals surface area contributed by atoms with Crippen LogP contribution in [0.3, 0.4) is 0 Å². The average Bonchev–Trinajstić information content (AvgIpc) is 3.21. The molecule has 0 saturated heterocycles. The Hall–Kier alpha value is -3.90. The molecule has 0 saturated carbocycles. The second kappa shape index (κ2) is 7.66. The molecule has 0 aliphatic rings. The predicted octanol–water partition coefficient (Wildman–Crippen LogP) is 7.05. The Morgan fingerprint density at radius 2 is 1.66 bits per heavy atom. The lowest BCUT2D eigenvalue weighted by atomic mass is 9.94. The largest absolute Gasteiger partial charge is 0.454 e. The van der Waals surface area contributed by atoms with E-state index in [4.69, 9.17) is 11.3 Å². The van der Waals surface area contributed by atoms with Crippen molar-refractivity contribution < 1.29 is 15.8 Å². The Bertz CT molecular complexity index is 1760. The summed E-state index contributed by atoms with van der Waals surface area (Å²) in [6.07, 6.45) is 1.95. The highest BCUT2D eigenvalue weighted by molar-refractivity contribution is 6.13. The number of aromatic nitrogens is 1. The highest BCUT2D eigenvalue weighted by Crippen LogP contribution is 2.41. The Morgan fingerprint density at radius 3 is 2.31 bits per heavy atom. The molecule has 0 N–H and O–H groups in total. The molecule has 0 radical (unpaired) electrons. The molecule has 2 aromatic heterocycles. The minimum absolute atomic E-state index is 0.00672. The summed E-state index contributed by atoms with van der Waals surface area (Å²) in [7, 11) is 1.95. The van der Waals surface area contributed by atoms with Crippen LogP contribution in [0.15, 0.2) is 77.2 Å². The molecule has 0 aliphatic heterocycles. The lowest BCUT2D eigenvalue weighted by Crippen LogP contribution is -2.30. The lowest BCUT2D eigenvalue weighted by molar-refractivity contribution is -0.660. The van der Waals surface area contributed by atoms with Gasteiger partial charge in [0.2, 0.25) is 5.69 Å². The summed E-state index contributed by atoms with van der Waals surface area (Å²) in [4.78, 5) is 0. The van der Waals surface area contributed by atoms with E-state index in [1.807, 2.05) is 55.1 Å². The monoisotopic (exact) mass is 422 g/mol. The highest BCUT2D eigenvalue weighted by atomic mass is 16.3. The Morgan fingerprint density at radius 1 is 0.969 bits per heavy atom. The summed E-state index contributed by atoms with van der Waals surface area (Å²) >= 11 is 0. The number of furan rings is 1. The van der Waals surface area contributed by atoms with Crippen molar-refractivity contribution in [1.29, 1.82) is 5.26 Å². The highest BCUT2D eigenvalue weighted by Gasteiger charge is 2.22. The van der Waals surface area contributed by atoms with Crippen LogP contribution in [0.1, 0.15) is 43.3 Å². The van der Waals surface area contributed by atoms with Crippen molar-refractivity contribution in [3.05, 3.63) is 89.5 Å². The average molecular weight is 423 g/mol. The molecule has 2 heterocycles. The number of benzene rings is 3. The predicted molar refractivity (Wildman–Crippen MR) is 129 cm³/mol. The van der Waals surface area contributed by atoms with E-state index in [0.717, 1.165) is 22.2 Å². The molecule has 3 nitrogen and oxygen atoms in total. The maximum absolute atomic E-state index is 9.99. The molecule has 0 fully saturated rings. The summed E-state index contributed by atoms with van der Waals surface area (Å²) in [5.74, 6) is -1.33. The molecule has 0 amide bonds. The minimum Gasteiger partial charge on any atom is -0.454 e. The van der Waals surface area contributed by atoms with Gasteiger partial charge in [-0.25, -0.2) is 4.57 Å². The van der Waals surface area contributed by atoms with Crippen LogP contribution in [0.5, 0.6) is 0 Å². The van der Waals surface area contributed by atoms with E-state index >= 15 is 0 Å². The zero-order chi connectivity index (χ0) is 26.8. The smallest absolute Gasteiger partial charge is 0.216 e. The number of nitriles is 1. The van der Waals surface area contributed by atoms with Gasteiger partial charge in [0.15, 0.2) is 6.20 Å². The zero-order valence-corrected chi connectivity index (χ0v) is 18.4. The van der Waals surface area contributed by atoms with Gasteiger partial charge in [-0.2, -0.15) is 5.26 Å². The van der Waals surface area contributed by atoms with Crippen molar-refractivity contribution in [3.8, 4) is 28.5 Å². The summed E-state index contributed by atoms with van der Waals surface area (Å²) in [5.41, 5.74) is 4.21. The summed E-state index contributed by atoms with van der Waals surface area (Å²) in [6, 6.07) is 14.3. The van der Waals surface area contributed by atoms with Gasteiger partial charge in [0.1, 0.15) is 18.2 Å². The number of hydrogen-bond donors (Lipinski definition) is 0. The molecule has 0 aliphatic carbocycles. The molecule has 5 rings (SSSR count). The number of rotatable bonds is 3. The van der Waals surface area contributed by atoms with E-state index in [-0.39, 0.29) is 46.4 Å². The van der Waals surface area contributed by atoms with Gasteiger partial charge >= 0.3 is 0 Å². The summed E-state index contributed by atoms with van der Waals surface area (Å²) < 4.78 is 51.6. The Balaban J connectivity index is 1.95. The molecule has 5 aromatic rings. The van der Waals surface area contributed by atoms with Crippen LogP contribution in [-0.2, 0) is 7.05 Å². The SMILES string of the molecule is [2H]c1c([2H])c(C([2H])(C)C)c([2H])c([2H])c1-c1c(C#N)ccc2c1oc1c(-c3cccc[n+]3C)c(C)ccc12. The third-order valence-corrected chi connectivity index (χ3v) is 5.82. The van der Waals surface area contributed by atoms with Crippen molar-refractivity contribution in [1.82, 2.24) is 0 Å². The first kappa shape index (κ1) is 15.0. The van der Waals surface area contributed by atoms with E-state index < -0.39 is 5.89 Å². The van der Waals surface area contributed by atoms with Crippen LogP contribution in [0.4, 0.5) is 0 Å². The van der Waals surface area contributed by atoms with E-state index in [2.05, 4.69) is 6.07 Å². The maximum Gasteiger partial charge on any atom is 0.216 e. The van der Waals surface area contributed by atoms with Crippen molar-refractivity contribution in [2.45, 2.75) is 26.7 Å². The molecular formula is C29H25N2O+. The molecule has 32 heavy (non-hydrogen) atoms. The Labute approximate surface area is 195 Å². The normalized spacial score (nSPS) is 13.9. The fourth-order valence-corrected chi connectivity index (χ4v) is 4.13. The maximum atomic E-state index is 9.99. The Kier molecular flexibility index (Phi) is 3.59. The van der Waals surface area contributed by atoms with Crippen LogP contribution in [0.25, 0.3) is 44.3 Å². The first-order valence-electron chi connectivity index (χ1n) is 12.9. The van der Waals surface area contributed by atoms with Gasteiger partial charge < -0.3 is 4.42 Å². The standard InChI is InChI=1S/C29H25N2O/c1-18(2)20-9-11-21(12-10-20)27-22(17-30)13-15-24-23-14-8-19(3)26(28(23)32-29(24)27)25-7-5-6-16-31(25)4/h5-16,18H,1-4H3/q+1/i9D,10D,11D,12D,18D. The minimum atomic E-state index is -1.33. The molecule has 0 spiro atoms. The zero-order valence-electron chi connectivity index (χ0n) is 23.4. The van der Waals surface area contributed by atoms with Crippen LogP contribution >= 0.6 is 0 Å². The topological polar surface area (TPSA) is 40.8 Å². The first-order chi connectivity index (χ1) is 17.5. The van der Waals surface area contributed by atoms with Gasteiger partial charge in [0.05, 0.1) is 22.7 Å². The quantitative estimate of drug-likeness (QED) is 0.292. The molecule has 3 heteroatoms. The summed E-state index contributed by atoms with van der Waals surface area (Å²) in [6.45, 7) is 5.07. The van der Waals surface area contributed by atoms with E-state index in [9.17, 15) is 5.26 Å². The van der Waals surface area contributed by atoms with Crippen molar-refractivity contribution in [2.24, 2.45) is 7.05 Å². The van der Waals surface area contributed by atoms with Gasteiger partial charge in [0, 0.05) is 29.8 Å². The van der Waals surface area contributed by atoms with Crippen molar-refractivity contribution in [3.63, 3.8) is 0 Å². The van der Waals surface area contributed by atoms with Gasteiger partial charge in [-0.3, -0.25) is 0 Å². The van der Waals surface area contributed by atoms with Gasteiger partial charge in [0.25, 0.3) is 0 Å². The number of pyridine rings is 1. The van der Waals surface area contributed by atoms with Crippen LogP contribution in [0.2, 0.25) is 0 Å². The number of fused-ring (bicyclic) bond motifs is 3. The molecule has 156 valence electrons. The van der Waals surface area contributed by atoms with E-state index in [1.165, 1.54) is 13.8 Å². The number of aryl methyl sites for hydroxylation is 2. The van der Waals surface area contributed by atoms with Crippen LogP contribution in [-0.4, -0.2) is 0 Å². The third-order valence-electron chi connectivity index (χ3n) is 5.82. The first-order valence-corrected chi connectivity index (χ1v) is 10.4. The molecule has 0 bridgehead atoms. The van der Waals surface area contributed by atoms with Crippen molar-refractivity contribution >= 4 is 21.9 Å². The number of hydrogen-bond acceptors (Lipinski definition) is 2. The van der Waals surface area contributed by atoms with E-state index in [1.54, 1.807) is 12.1 Å². The molecule has 3 aromatic carbocycles. The van der Waals surface area contributed by atoms with Gasteiger partial charge in [-0.1, -0.05) is 50.1 Å². The lowest BCUT2D eigenvalue weighted by Gasteiger charge is -2.09. The van der Waals surface area contributed by atoms with Crippen molar-refractivity contribution in [2.75, 3.05) is 0 Å². The molecular weight excluding hydrogens is 392 g/mol.